The third-order valence-corrected chi connectivity index (χ3v) is 13.3. The van der Waals surface area contributed by atoms with E-state index in [4.69, 9.17) is 14.2 Å². The van der Waals surface area contributed by atoms with Crippen LogP contribution < -0.4 is 0 Å². The molecule has 0 amide bonds. The van der Waals surface area contributed by atoms with Crippen molar-refractivity contribution < 1.29 is 24.1 Å². The molecule has 5 nitrogen and oxygen atoms in total. The molecule has 9 atom stereocenters. The molecule has 35 heavy (non-hydrogen) atoms. The molecule has 4 spiro atoms. The Balaban J connectivity index is 1.53. The van der Waals surface area contributed by atoms with Crippen LogP contribution in [0.3, 0.4) is 0 Å². The molecular formula is C30H42O5. The number of allylic oxidation sites excluding steroid dienone is 1. The van der Waals surface area contributed by atoms with Gasteiger partial charge in [0.15, 0.2) is 5.78 Å². The zero-order chi connectivity index (χ0) is 24.8. The molecule has 192 valence electrons. The third-order valence-electron chi connectivity index (χ3n) is 13.3. The average molecular weight is 483 g/mol. The fraction of sp³-hybridized carbons (Fsp3) is 0.900. The normalized spacial score (nSPS) is 59.6. The molecule has 2 bridgehead atoms. The summed E-state index contributed by atoms with van der Waals surface area (Å²) in [4.78, 5) is 15.0. The Bertz CT molecular complexity index is 1140. The molecule has 4 saturated carbocycles. The Morgan fingerprint density at radius 2 is 1.71 bits per heavy atom. The van der Waals surface area contributed by atoms with Crippen LogP contribution in [-0.4, -0.2) is 45.0 Å². The van der Waals surface area contributed by atoms with Crippen molar-refractivity contribution in [3.05, 3.63) is 11.3 Å². The second-order valence-corrected chi connectivity index (χ2v) is 15.4. The minimum absolute atomic E-state index is 0.0524. The Hall–Kier alpha value is -0.910. The maximum Gasteiger partial charge on any atom is 0.169 e. The first-order valence-corrected chi connectivity index (χ1v) is 14.3. The van der Waals surface area contributed by atoms with Gasteiger partial charge in [0.05, 0.1) is 17.1 Å². The Morgan fingerprint density at radius 1 is 0.971 bits per heavy atom. The first kappa shape index (κ1) is 22.1. The predicted octanol–water partition coefficient (Wildman–Crippen LogP) is 5.09. The van der Waals surface area contributed by atoms with Crippen LogP contribution in [0.2, 0.25) is 0 Å². The lowest BCUT2D eigenvalue weighted by Gasteiger charge is -2.60. The van der Waals surface area contributed by atoms with Gasteiger partial charge in [-0.2, -0.15) is 0 Å². The summed E-state index contributed by atoms with van der Waals surface area (Å²) in [6.45, 7) is 15.6. The molecule has 1 N–H and O–H groups in total. The van der Waals surface area contributed by atoms with E-state index in [0.29, 0.717) is 12.3 Å². The minimum Gasteiger partial charge on any atom is -0.488 e. The van der Waals surface area contributed by atoms with E-state index in [0.717, 1.165) is 49.9 Å². The highest BCUT2D eigenvalue weighted by Gasteiger charge is 3.02. The minimum atomic E-state index is -0.652. The van der Waals surface area contributed by atoms with E-state index in [1.165, 1.54) is 6.42 Å². The Labute approximate surface area is 209 Å². The molecule has 5 heteroatoms. The second kappa shape index (κ2) is 5.45. The summed E-state index contributed by atoms with van der Waals surface area (Å²) in [5.74, 6) is 1.66. The van der Waals surface area contributed by atoms with Crippen LogP contribution in [0.4, 0.5) is 0 Å². The van der Waals surface area contributed by atoms with Gasteiger partial charge in [-0.05, 0) is 83.0 Å². The monoisotopic (exact) mass is 482 g/mol. The molecule has 5 aliphatic carbocycles. The van der Waals surface area contributed by atoms with Crippen LogP contribution in [0.15, 0.2) is 11.3 Å². The summed E-state index contributed by atoms with van der Waals surface area (Å²) in [6, 6.07) is 0. The predicted molar refractivity (Wildman–Crippen MR) is 129 cm³/mol. The van der Waals surface area contributed by atoms with Gasteiger partial charge < -0.3 is 19.3 Å². The summed E-state index contributed by atoms with van der Waals surface area (Å²) >= 11 is 0. The van der Waals surface area contributed by atoms with Gasteiger partial charge in [0, 0.05) is 16.9 Å². The fourth-order valence-corrected chi connectivity index (χ4v) is 12.2. The Kier molecular flexibility index (Phi) is 3.44. The zero-order valence-electron chi connectivity index (χ0n) is 22.5. The van der Waals surface area contributed by atoms with E-state index in [2.05, 4.69) is 48.5 Å². The van der Waals surface area contributed by atoms with Crippen LogP contribution >= 0.6 is 0 Å². The summed E-state index contributed by atoms with van der Waals surface area (Å²) in [5, 5.41) is 11.7. The second-order valence-electron chi connectivity index (χ2n) is 15.4. The van der Waals surface area contributed by atoms with E-state index in [1.807, 2.05) is 0 Å². The first-order valence-electron chi connectivity index (χ1n) is 14.3. The number of epoxide rings is 1. The summed E-state index contributed by atoms with van der Waals surface area (Å²) in [6.07, 6.45) is 6.81. The molecule has 7 fully saturated rings. The van der Waals surface area contributed by atoms with E-state index in [1.54, 1.807) is 0 Å². The molecule has 0 aromatic heterocycles. The van der Waals surface area contributed by atoms with Crippen LogP contribution in [-0.2, 0) is 19.0 Å². The number of rotatable bonds is 1. The molecule has 3 saturated heterocycles. The van der Waals surface area contributed by atoms with Crippen molar-refractivity contribution in [3.8, 4) is 0 Å². The number of carbonyl (C=O) groups is 1. The fourth-order valence-electron chi connectivity index (χ4n) is 12.2. The van der Waals surface area contributed by atoms with Crippen molar-refractivity contribution in [2.24, 2.45) is 34.0 Å². The van der Waals surface area contributed by atoms with Gasteiger partial charge in [-0.25, -0.2) is 0 Å². The molecular weight excluding hydrogens is 440 g/mol. The summed E-state index contributed by atoms with van der Waals surface area (Å²) in [7, 11) is 0. The molecule has 8 aliphatic rings. The van der Waals surface area contributed by atoms with E-state index in [9.17, 15) is 9.90 Å². The number of Topliss-reactive ketones (excluding diaryl/α,β-unsaturated/α-hetero) is 1. The number of aliphatic hydroxyl groups is 1. The highest BCUT2D eigenvalue weighted by molar-refractivity contribution is 6.04. The number of ketones is 1. The summed E-state index contributed by atoms with van der Waals surface area (Å²) < 4.78 is 21.6. The van der Waals surface area contributed by atoms with Gasteiger partial charge in [0.1, 0.15) is 28.2 Å². The average Bonchev–Trinajstić information content (AvgIpc) is 3.09. The smallest absolute Gasteiger partial charge is 0.169 e. The highest BCUT2D eigenvalue weighted by Crippen LogP contribution is 2.92. The third kappa shape index (κ3) is 1.78. The van der Waals surface area contributed by atoms with E-state index in [-0.39, 0.29) is 28.6 Å². The van der Waals surface area contributed by atoms with Crippen LogP contribution in [0.5, 0.6) is 0 Å². The molecule has 8 rings (SSSR count). The van der Waals surface area contributed by atoms with Crippen molar-refractivity contribution in [2.45, 2.75) is 134 Å². The molecule has 0 aromatic carbocycles. The van der Waals surface area contributed by atoms with Crippen molar-refractivity contribution in [3.63, 3.8) is 0 Å². The molecule has 0 radical (unpaired) electrons. The number of hydrogen-bond acceptors (Lipinski definition) is 5. The van der Waals surface area contributed by atoms with Crippen molar-refractivity contribution in [2.75, 3.05) is 0 Å². The maximum atomic E-state index is 15.0. The zero-order valence-corrected chi connectivity index (χ0v) is 22.5. The van der Waals surface area contributed by atoms with Crippen molar-refractivity contribution in [1.29, 1.82) is 0 Å². The number of aliphatic hydroxyl groups excluding tert-OH is 1. The maximum absolute atomic E-state index is 15.0. The quantitative estimate of drug-likeness (QED) is 0.527. The van der Waals surface area contributed by atoms with Gasteiger partial charge in [-0.15, -0.1) is 0 Å². The van der Waals surface area contributed by atoms with Crippen molar-refractivity contribution >= 4 is 5.78 Å². The standard InChI is InChI=1S/C30H42O5/c1-16(2)20-21(32)26-12-9-17-23(3,4)10-8-11-27(17)15-28(26)29(25(7,34-29)19(31)14-26)13-18-24(5,6)33-22(20)30(18,28)35-27/h16-19,31H,8-15H2,1-7H3/t17?,18?,19-,25-,26?,27?,28?,29-,30?/m1/s1. The Morgan fingerprint density at radius 3 is 2.43 bits per heavy atom. The number of hydrogen-bond donors (Lipinski definition) is 1. The lowest BCUT2D eigenvalue weighted by molar-refractivity contribution is -0.215. The van der Waals surface area contributed by atoms with E-state index >= 15 is 0 Å². The molecule has 3 aliphatic heterocycles. The van der Waals surface area contributed by atoms with Gasteiger partial charge in [-0.1, -0.05) is 34.1 Å². The summed E-state index contributed by atoms with van der Waals surface area (Å²) in [5.41, 5.74) is -2.58. The van der Waals surface area contributed by atoms with Gasteiger partial charge in [-0.3, -0.25) is 4.79 Å². The topological polar surface area (TPSA) is 68.3 Å². The van der Waals surface area contributed by atoms with Gasteiger partial charge >= 0.3 is 0 Å². The number of carbonyl (C=O) groups excluding carboxylic acids is 1. The lowest BCUT2D eigenvalue weighted by atomic mass is 9.40. The van der Waals surface area contributed by atoms with Crippen LogP contribution in [0.25, 0.3) is 0 Å². The lowest BCUT2D eigenvalue weighted by Crippen LogP contribution is -2.71. The van der Waals surface area contributed by atoms with Crippen molar-refractivity contribution in [1.82, 2.24) is 0 Å². The highest BCUT2D eigenvalue weighted by atomic mass is 16.7. The molecule has 6 unspecified atom stereocenters. The first-order chi connectivity index (χ1) is 16.2. The van der Waals surface area contributed by atoms with Crippen LogP contribution in [0, 0.1) is 34.0 Å². The van der Waals surface area contributed by atoms with Gasteiger partial charge in [0.2, 0.25) is 0 Å². The van der Waals surface area contributed by atoms with Crippen LogP contribution in [0.1, 0.15) is 99.8 Å². The number of ether oxygens (including phenoxy) is 3. The van der Waals surface area contributed by atoms with E-state index < -0.39 is 39.3 Å². The largest absolute Gasteiger partial charge is 0.488 e. The molecule has 0 aromatic rings. The SMILES string of the molecule is CC(C)C1=C2OC(C)(C)C3C[C@@]45O[C@]4(C)[C@H](O)CC4(CCC6C(C)(C)CCCC67CC45C23O7)C1=O. The van der Waals surface area contributed by atoms with Gasteiger partial charge in [0.25, 0.3) is 0 Å². The molecule has 3 heterocycles.